The minimum absolute atomic E-state index is 0.0524. The highest BCUT2D eigenvalue weighted by Gasteiger charge is 2.13. The first kappa shape index (κ1) is 20.1. The zero-order valence-electron chi connectivity index (χ0n) is 16.6. The number of anilines is 2. The predicted octanol–water partition coefficient (Wildman–Crippen LogP) is 4.54. The zero-order valence-corrected chi connectivity index (χ0v) is 16.6. The summed E-state index contributed by atoms with van der Waals surface area (Å²) in [6.45, 7) is 1.99. The number of carbonyl (C=O) groups is 2. The molecule has 3 aromatic carbocycles. The van der Waals surface area contributed by atoms with E-state index in [4.69, 9.17) is 4.74 Å². The second-order valence-electron chi connectivity index (χ2n) is 6.66. The quantitative estimate of drug-likeness (QED) is 0.646. The Morgan fingerprint density at radius 1 is 0.897 bits per heavy atom. The Labute approximate surface area is 170 Å². The first-order chi connectivity index (χ1) is 14.0. The van der Waals surface area contributed by atoms with Crippen LogP contribution in [0.25, 0.3) is 0 Å². The van der Waals surface area contributed by atoms with Crippen molar-refractivity contribution < 1.29 is 14.3 Å². The van der Waals surface area contributed by atoms with Gasteiger partial charge in [-0.25, -0.2) is 0 Å². The second-order valence-corrected chi connectivity index (χ2v) is 6.66. The molecule has 3 aromatic rings. The Morgan fingerprint density at radius 2 is 1.55 bits per heavy atom. The third-order valence-electron chi connectivity index (χ3n) is 4.61. The normalized spacial score (nSPS) is 10.3. The molecule has 0 aliphatic heterocycles. The molecule has 29 heavy (non-hydrogen) atoms. The van der Waals surface area contributed by atoms with Gasteiger partial charge < -0.3 is 15.0 Å². The van der Waals surface area contributed by atoms with Gasteiger partial charge in [0.05, 0.1) is 12.2 Å². The lowest BCUT2D eigenvalue weighted by atomic mass is 10.1. The van der Waals surface area contributed by atoms with E-state index in [2.05, 4.69) is 17.4 Å². The van der Waals surface area contributed by atoms with Crippen molar-refractivity contribution in [2.75, 3.05) is 23.9 Å². The highest BCUT2D eigenvalue weighted by Crippen LogP contribution is 2.22. The maximum absolute atomic E-state index is 12.7. The van der Waals surface area contributed by atoms with Gasteiger partial charge in [-0.05, 0) is 42.0 Å². The number of ether oxygens (including phenoxy) is 1. The summed E-state index contributed by atoms with van der Waals surface area (Å²) >= 11 is 0. The van der Waals surface area contributed by atoms with Crippen LogP contribution in [0.5, 0.6) is 5.75 Å². The molecule has 0 atom stereocenters. The Balaban J connectivity index is 1.64. The van der Waals surface area contributed by atoms with E-state index in [0.717, 1.165) is 12.1 Å². The van der Waals surface area contributed by atoms with Gasteiger partial charge in [-0.3, -0.25) is 9.59 Å². The number of para-hydroxylation sites is 1. The smallest absolute Gasteiger partial charge is 0.259 e. The molecule has 0 spiro atoms. The molecule has 5 heteroatoms. The fourth-order valence-electron chi connectivity index (χ4n) is 2.85. The van der Waals surface area contributed by atoms with E-state index >= 15 is 0 Å². The Bertz CT molecular complexity index is 969. The number of nitrogens with zero attached hydrogens (tertiary/aromatic N) is 1. The minimum atomic E-state index is -0.243. The van der Waals surface area contributed by atoms with Crippen molar-refractivity contribution in [2.45, 2.75) is 13.3 Å². The second kappa shape index (κ2) is 9.55. The number of amides is 2. The van der Waals surface area contributed by atoms with Crippen LogP contribution in [0.2, 0.25) is 0 Å². The summed E-state index contributed by atoms with van der Waals surface area (Å²) in [5, 5.41) is 2.88. The molecule has 5 nitrogen and oxygen atoms in total. The third kappa shape index (κ3) is 5.45. The van der Waals surface area contributed by atoms with Crippen LogP contribution in [-0.4, -0.2) is 25.5 Å². The summed E-state index contributed by atoms with van der Waals surface area (Å²) in [5.41, 5.74) is 3.07. The summed E-state index contributed by atoms with van der Waals surface area (Å²) < 4.78 is 5.87. The molecule has 2 amide bonds. The highest BCUT2D eigenvalue weighted by molar-refractivity contribution is 6.06. The number of hydrogen-bond donors (Lipinski definition) is 1. The largest absolute Gasteiger partial charge is 0.492 e. The highest BCUT2D eigenvalue weighted by atomic mass is 16.5. The molecule has 0 fully saturated rings. The molecule has 0 radical (unpaired) electrons. The number of rotatable bonds is 7. The first-order valence-electron chi connectivity index (χ1n) is 9.46. The minimum Gasteiger partial charge on any atom is -0.492 e. The van der Waals surface area contributed by atoms with Crippen molar-refractivity contribution in [1.29, 1.82) is 0 Å². The van der Waals surface area contributed by atoms with Crippen molar-refractivity contribution in [2.24, 2.45) is 0 Å². The molecule has 0 saturated heterocycles. The summed E-state index contributed by atoms with van der Waals surface area (Å²) in [5.74, 6) is 0.255. The molecule has 0 aliphatic carbocycles. The molecule has 148 valence electrons. The molecule has 0 aliphatic rings. The fraction of sp³-hybridized carbons (Fsp3) is 0.167. The number of nitrogens with one attached hydrogen (secondary N) is 1. The van der Waals surface area contributed by atoms with Crippen molar-refractivity contribution in [3.05, 3.63) is 90.0 Å². The van der Waals surface area contributed by atoms with E-state index in [0.29, 0.717) is 23.6 Å². The van der Waals surface area contributed by atoms with Gasteiger partial charge in [0.1, 0.15) is 5.75 Å². The van der Waals surface area contributed by atoms with E-state index in [9.17, 15) is 9.59 Å². The van der Waals surface area contributed by atoms with Gasteiger partial charge in [-0.2, -0.15) is 0 Å². The lowest BCUT2D eigenvalue weighted by Crippen LogP contribution is -2.22. The topological polar surface area (TPSA) is 58.6 Å². The monoisotopic (exact) mass is 388 g/mol. The van der Waals surface area contributed by atoms with Crippen molar-refractivity contribution in [3.63, 3.8) is 0 Å². The van der Waals surface area contributed by atoms with Gasteiger partial charge in [-0.1, -0.05) is 42.5 Å². The average molecular weight is 388 g/mol. The van der Waals surface area contributed by atoms with E-state index in [1.165, 1.54) is 12.5 Å². The van der Waals surface area contributed by atoms with E-state index in [-0.39, 0.29) is 11.8 Å². The summed E-state index contributed by atoms with van der Waals surface area (Å²) in [6, 6.07) is 24.4. The van der Waals surface area contributed by atoms with Crippen molar-refractivity contribution >= 4 is 23.2 Å². The lowest BCUT2D eigenvalue weighted by Gasteiger charge is -2.16. The van der Waals surface area contributed by atoms with Crippen LogP contribution in [-0.2, 0) is 11.2 Å². The summed E-state index contributed by atoms with van der Waals surface area (Å²) in [7, 11) is 1.71. The van der Waals surface area contributed by atoms with E-state index < -0.39 is 0 Å². The SMILES string of the molecule is CC(=O)N(C)c1ccc(NC(=O)c2ccccc2OCCc2ccccc2)cc1. The molecule has 0 saturated carbocycles. The van der Waals surface area contributed by atoms with Gasteiger partial charge in [0.15, 0.2) is 0 Å². The number of carbonyl (C=O) groups excluding carboxylic acids is 2. The van der Waals surface area contributed by atoms with Crippen LogP contribution in [0.3, 0.4) is 0 Å². The third-order valence-corrected chi connectivity index (χ3v) is 4.61. The Kier molecular flexibility index (Phi) is 6.63. The summed E-state index contributed by atoms with van der Waals surface area (Å²) in [4.78, 5) is 25.7. The zero-order chi connectivity index (χ0) is 20.6. The fourth-order valence-corrected chi connectivity index (χ4v) is 2.85. The molecule has 1 N–H and O–H groups in total. The van der Waals surface area contributed by atoms with Crippen LogP contribution >= 0.6 is 0 Å². The van der Waals surface area contributed by atoms with Crippen molar-refractivity contribution in [1.82, 2.24) is 0 Å². The van der Waals surface area contributed by atoms with Crippen LogP contribution in [0.15, 0.2) is 78.9 Å². The lowest BCUT2D eigenvalue weighted by molar-refractivity contribution is -0.116. The standard InChI is InChI=1S/C24H24N2O3/c1-18(27)26(2)21-14-12-20(13-15-21)25-24(28)22-10-6-7-11-23(22)29-17-16-19-8-4-3-5-9-19/h3-15H,16-17H2,1-2H3,(H,25,28). The molecular formula is C24H24N2O3. The molecule has 0 unspecified atom stereocenters. The van der Waals surface area contributed by atoms with Gasteiger partial charge in [-0.15, -0.1) is 0 Å². The molecule has 3 rings (SSSR count). The van der Waals surface area contributed by atoms with Crippen LogP contribution < -0.4 is 15.0 Å². The predicted molar refractivity (Wildman–Crippen MR) is 116 cm³/mol. The molecular weight excluding hydrogens is 364 g/mol. The van der Waals surface area contributed by atoms with Gasteiger partial charge in [0.25, 0.3) is 5.91 Å². The van der Waals surface area contributed by atoms with E-state index in [1.807, 2.05) is 30.3 Å². The Morgan fingerprint density at radius 3 is 2.24 bits per heavy atom. The molecule has 0 bridgehead atoms. The van der Waals surface area contributed by atoms with Crippen LogP contribution in [0.4, 0.5) is 11.4 Å². The van der Waals surface area contributed by atoms with Gasteiger partial charge in [0, 0.05) is 31.8 Å². The Hall–Kier alpha value is -3.60. The average Bonchev–Trinajstić information content (AvgIpc) is 2.75. The maximum Gasteiger partial charge on any atom is 0.259 e. The summed E-state index contributed by atoms with van der Waals surface area (Å²) in [6.07, 6.45) is 0.766. The van der Waals surface area contributed by atoms with Crippen molar-refractivity contribution in [3.8, 4) is 5.75 Å². The molecule has 0 heterocycles. The van der Waals surface area contributed by atoms with Crippen LogP contribution in [0, 0.1) is 0 Å². The van der Waals surface area contributed by atoms with Crippen LogP contribution in [0.1, 0.15) is 22.8 Å². The van der Waals surface area contributed by atoms with Gasteiger partial charge >= 0.3 is 0 Å². The number of benzene rings is 3. The van der Waals surface area contributed by atoms with E-state index in [1.54, 1.807) is 48.3 Å². The first-order valence-corrected chi connectivity index (χ1v) is 9.46. The maximum atomic E-state index is 12.7. The van der Waals surface area contributed by atoms with Gasteiger partial charge in [0.2, 0.25) is 5.91 Å². The molecule has 0 aromatic heterocycles. The number of hydrogen-bond acceptors (Lipinski definition) is 3.